The van der Waals surface area contributed by atoms with Gasteiger partial charge in [-0.1, -0.05) is 22.0 Å². The molecular weight excluding hydrogens is 303 g/mol. The van der Waals surface area contributed by atoms with Crippen molar-refractivity contribution in [2.45, 2.75) is 26.9 Å². The van der Waals surface area contributed by atoms with Gasteiger partial charge in [0.15, 0.2) is 0 Å². The fourth-order valence-corrected chi connectivity index (χ4v) is 3.86. The third-order valence-corrected chi connectivity index (χ3v) is 4.84. The second kappa shape index (κ2) is 6.69. The zero-order valence-electron chi connectivity index (χ0n) is 10.4. The summed E-state index contributed by atoms with van der Waals surface area (Å²) >= 11 is 3.41. The van der Waals surface area contributed by atoms with Gasteiger partial charge in [0, 0.05) is 4.47 Å². The summed E-state index contributed by atoms with van der Waals surface area (Å²) < 4.78 is 23.9. The highest BCUT2D eigenvalue weighted by Crippen LogP contribution is 2.51. The van der Waals surface area contributed by atoms with Crippen molar-refractivity contribution < 1.29 is 13.6 Å². The van der Waals surface area contributed by atoms with E-state index in [4.69, 9.17) is 9.05 Å². The lowest BCUT2D eigenvalue weighted by Crippen LogP contribution is -2.00. The van der Waals surface area contributed by atoms with Crippen LogP contribution in [-0.2, 0) is 19.8 Å². The minimum atomic E-state index is -3.00. The summed E-state index contributed by atoms with van der Waals surface area (Å²) in [5.74, 6) is 0. The number of aryl methyl sites for hydroxylation is 1. The van der Waals surface area contributed by atoms with Gasteiger partial charge in [0.05, 0.1) is 19.4 Å². The highest BCUT2D eigenvalue weighted by molar-refractivity contribution is 9.10. The SMILES string of the molecule is CCOP(=O)(Cc1ccc(Br)cc1C)OCC. The average Bonchev–Trinajstić information content (AvgIpc) is 2.23. The third-order valence-electron chi connectivity index (χ3n) is 2.32. The molecule has 3 nitrogen and oxygen atoms in total. The molecule has 0 fully saturated rings. The van der Waals surface area contributed by atoms with E-state index in [2.05, 4.69) is 15.9 Å². The van der Waals surface area contributed by atoms with Crippen molar-refractivity contribution in [2.24, 2.45) is 0 Å². The smallest absolute Gasteiger partial charge is 0.309 e. The summed E-state index contributed by atoms with van der Waals surface area (Å²) in [6.07, 6.45) is 0.327. The molecule has 0 saturated carbocycles. The maximum atomic E-state index is 12.4. The first kappa shape index (κ1) is 14.9. The van der Waals surface area contributed by atoms with Gasteiger partial charge in [-0.2, -0.15) is 0 Å². The molecule has 0 aromatic heterocycles. The van der Waals surface area contributed by atoms with E-state index in [1.54, 1.807) is 0 Å². The fraction of sp³-hybridized carbons (Fsp3) is 0.500. The van der Waals surface area contributed by atoms with E-state index in [-0.39, 0.29) is 0 Å². The molecule has 0 unspecified atom stereocenters. The molecule has 0 saturated heterocycles. The monoisotopic (exact) mass is 320 g/mol. The van der Waals surface area contributed by atoms with E-state index in [1.165, 1.54) is 0 Å². The molecule has 5 heteroatoms. The van der Waals surface area contributed by atoms with Gasteiger partial charge >= 0.3 is 7.60 Å². The Morgan fingerprint density at radius 3 is 2.29 bits per heavy atom. The van der Waals surface area contributed by atoms with E-state index in [9.17, 15) is 4.57 Å². The van der Waals surface area contributed by atoms with Gasteiger partial charge in [-0.3, -0.25) is 4.57 Å². The zero-order valence-corrected chi connectivity index (χ0v) is 12.9. The molecular formula is C12H18BrO3P. The molecule has 0 aliphatic rings. The van der Waals surface area contributed by atoms with Gasteiger partial charge in [-0.25, -0.2) is 0 Å². The highest BCUT2D eigenvalue weighted by atomic mass is 79.9. The summed E-state index contributed by atoms with van der Waals surface area (Å²) in [5, 5.41) is 0. The molecule has 1 aromatic carbocycles. The Kier molecular flexibility index (Phi) is 5.87. The van der Waals surface area contributed by atoms with Crippen molar-refractivity contribution in [3.05, 3.63) is 33.8 Å². The molecule has 1 aromatic rings. The molecule has 0 atom stereocenters. The first-order valence-electron chi connectivity index (χ1n) is 5.64. The summed E-state index contributed by atoms with van der Waals surface area (Å²) in [5.41, 5.74) is 2.08. The van der Waals surface area contributed by atoms with Gasteiger partial charge in [0.1, 0.15) is 0 Å². The number of rotatable bonds is 6. The second-order valence-corrected chi connectivity index (χ2v) is 6.65. The quantitative estimate of drug-likeness (QED) is 0.723. The fourth-order valence-electron chi connectivity index (χ4n) is 1.57. The molecule has 0 aliphatic carbocycles. The zero-order chi connectivity index (χ0) is 12.9. The average molecular weight is 321 g/mol. The molecule has 0 radical (unpaired) electrons. The summed E-state index contributed by atoms with van der Waals surface area (Å²) in [6, 6.07) is 5.88. The molecule has 0 N–H and O–H groups in total. The Hall–Kier alpha value is -0.150. The van der Waals surface area contributed by atoms with Crippen LogP contribution in [0.3, 0.4) is 0 Å². The van der Waals surface area contributed by atoms with Crippen molar-refractivity contribution in [2.75, 3.05) is 13.2 Å². The van der Waals surface area contributed by atoms with E-state index in [0.29, 0.717) is 19.4 Å². The Balaban J connectivity index is 2.89. The van der Waals surface area contributed by atoms with Crippen LogP contribution in [0.1, 0.15) is 25.0 Å². The van der Waals surface area contributed by atoms with Crippen molar-refractivity contribution in [3.8, 4) is 0 Å². The Morgan fingerprint density at radius 1 is 1.24 bits per heavy atom. The van der Waals surface area contributed by atoms with Crippen LogP contribution in [0.2, 0.25) is 0 Å². The minimum Gasteiger partial charge on any atom is -0.309 e. The van der Waals surface area contributed by atoms with Crippen molar-refractivity contribution in [1.29, 1.82) is 0 Å². The summed E-state index contributed by atoms with van der Waals surface area (Å²) in [7, 11) is -3.00. The minimum absolute atomic E-state index is 0.327. The van der Waals surface area contributed by atoms with Crippen LogP contribution in [0.25, 0.3) is 0 Å². The van der Waals surface area contributed by atoms with Crippen molar-refractivity contribution in [1.82, 2.24) is 0 Å². The molecule has 0 spiro atoms. The van der Waals surface area contributed by atoms with Crippen molar-refractivity contribution in [3.63, 3.8) is 0 Å². The lowest BCUT2D eigenvalue weighted by atomic mass is 10.1. The van der Waals surface area contributed by atoms with Crippen LogP contribution in [0.5, 0.6) is 0 Å². The van der Waals surface area contributed by atoms with Gasteiger partial charge in [0.2, 0.25) is 0 Å². The summed E-state index contributed by atoms with van der Waals surface area (Å²) in [6.45, 7) is 6.42. The molecule has 0 amide bonds. The summed E-state index contributed by atoms with van der Waals surface area (Å²) in [4.78, 5) is 0. The first-order chi connectivity index (χ1) is 8.00. The Morgan fingerprint density at radius 2 is 1.82 bits per heavy atom. The van der Waals surface area contributed by atoms with Crippen LogP contribution < -0.4 is 0 Å². The van der Waals surface area contributed by atoms with Crippen LogP contribution >= 0.6 is 23.5 Å². The molecule has 96 valence electrons. The second-order valence-electron chi connectivity index (χ2n) is 3.68. The van der Waals surface area contributed by atoms with Crippen LogP contribution in [0, 0.1) is 6.92 Å². The molecule has 0 bridgehead atoms. The third kappa shape index (κ3) is 4.55. The van der Waals surface area contributed by atoms with Gasteiger partial charge in [0.25, 0.3) is 0 Å². The largest absolute Gasteiger partial charge is 0.335 e. The van der Waals surface area contributed by atoms with Gasteiger partial charge < -0.3 is 9.05 Å². The van der Waals surface area contributed by atoms with E-state index >= 15 is 0 Å². The maximum Gasteiger partial charge on any atom is 0.335 e. The maximum absolute atomic E-state index is 12.4. The standard InChI is InChI=1S/C12H18BrO3P/c1-4-15-17(14,16-5-2)9-11-6-7-12(13)8-10(11)3/h6-8H,4-5,9H2,1-3H3. The number of hydrogen-bond donors (Lipinski definition) is 0. The molecule has 0 heterocycles. The number of benzene rings is 1. The van der Waals surface area contributed by atoms with E-state index in [0.717, 1.165) is 15.6 Å². The number of halogens is 1. The van der Waals surface area contributed by atoms with Crippen LogP contribution in [-0.4, -0.2) is 13.2 Å². The Bertz CT molecular complexity index is 410. The predicted molar refractivity (Wildman–Crippen MR) is 73.4 cm³/mol. The normalized spacial score (nSPS) is 11.8. The lowest BCUT2D eigenvalue weighted by molar-refractivity contribution is 0.219. The van der Waals surface area contributed by atoms with Crippen molar-refractivity contribution >= 4 is 23.5 Å². The Labute approximate surface area is 111 Å². The molecule has 17 heavy (non-hydrogen) atoms. The molecule has 0 aliphatic heterocycles. The molecule has 1 rings (SSSR count). The van der Waals surface area contributed by atoms with Crippen LogP contribution in [0.4, 0.5) is 0 Å². The van der Waals surface area contributed by atoms with E-state index in [1.807, 2.05) is 39.0 Å². The predicted octanol–water partition coefficient (Wildman–Crippen LogP) is 4.52. The number of hydrogen-bond acceptors (Lipinski definition) is 3. The first-order valence-corrected chi connectivity index (χ1v) is 8.16. The van der Waals surface area contributed by atoms with Crippen LogP contribution in [0.15, 0.2) is 22.7 Å². The van der Waals surface area contributed by atoms with Gasteiger partial charge in [-0.05, 0) is 44.0 Å². The highest BCUT2D eigenvalue weighted by Gasteiger charge is 2.24. The topological polar surface area (TPSA) is 35.5 Å². The van der Waals surface area contributed by atoms with Gasteiger partial charge in [-0.15, -0.1) is 0 Å². The lowest BCUT2D eigenvalue weighted by Gasteiger charge is -2.18. The van der Waals surface area contributed by atoms with E-state index < -0.39 is 7.60 Å².